The number of allylic oxidation sites excluding steroid dienone is 5. The third kappa shape index (κ3) is 16.5. The fraction of sp³-hybridized carbons (Fsp3) is 0.667. The summed E-state index contributed by atoms with van der Waals surface area (Å²) in [5, 5.41) is 0.629. The quantitative estimate of drug-likeness (QED) is 0.194. The van der Waals surface area contributed by atoms with Gasteiger partial charge >= 0.3 is 7.60 Å². The summed E-state index contributed by atoms with van der Waals surface area (Å²) in [4.78, 5) is 18.0. The van der Waals surface area contributed by atoms with E-state index < -0.39 is 20.9 Å². The number of ether oxygens (including phenoxy) is 1. The lowest BCUT2D eigenvalue weighted by Gasteiger charge is -2.18. The summed E-state index contributed by atoms with van der Waals surface area (Å²) in [6.45, 7) is 8.09. The van der Waals surface area contributed by atoms with Crippen molar-refractivity contribution in [2.75, 3.05) is 25.5 Å². The average molecular weight is 443 g/mol. The molecule has 0 amide bonds. The zero-order valence-corrected chi connectivity index (χ0v) is 19.2. The molecule has 27 heavy (non-hydrogen) atoms. The third-order valence-electron chi connectivity index (χ3n) is 3.44. The van der Waals surface area contributed by atoms with Crippen LogP contribution in [0.2, 0.25) is 0 Å². The van der Waals surface area contributed by atoms with Crippen molar-refractivity contribution < 1.29 is 28.2 Å². The first-order valence-electron chi connectivity index (χ1n) is 8.96. The van der Waals surface area contributed by atoms with Gasteiger partial charge < -0.3 is 19.0 Å². The summed E-state index contributed by atoms with van der Waals surface area (Å²) < 4.78 is 33.7. The van der Waals surface area contributed by atoms with E-state index in [4.69, 9.17) is 30.6 Å². The first-order chi connectivity index (χ1) is 12.5. The van der Waals surface area contributed by atoms with Crippen LogP contribution in [0.25, 0.3) is 0 Å². The zero-order valence-electron chi connectivity index (χ0n) is 16.7. The van der Waals surface area contributed by atoms with E-state index in [1.807, 2.05) is 0 Å². The Morgan fingerprint density at radius 2 is 1.67 bits per heavy atom. The minimum atomic E-state index is -4.44. The first-order valence-corrected chi connectivity index (χ1v) is 13.1. The molecule has 0 saturated carbocycles. The lowest BCUT2D eigenvalue weighted by Crippen LogP contribution is -2.04. The summed E-state index contributed by atoms with van der Waals surface area (Å²) in [5.74, 6) is -0.817. The van der Waals surface area contributed by atoms with Gasteiger partial charge in [-0.25, -0.2) is 0 Å². The smallest absolute Gasteiger partial charge is 0.335 e. The van der Waals surface area contributed by atoms with Crippen LogP contribution in [0.3, 0.4) is 0 Å². The Hall–Kier alpha value is -0.190. The molecule has 6 nitrogen and oxygen atoms in total. The van der Waals surface area contributed by atoms with Crippen molar-refractivity contribution in [1.82, 2.24) is 0 Å². The van der Waals surface area contributed by atoms with Crippen LogP contribution in [-0.4, -0.2) is 35.3 Å². The second-order valence-corrected chi connectivity index (χ2v) is 11.7. The summed E-state index contributed by atoms with van der Waals surface area (Å²) in [6, 6.07) is 0. The minimum absolute atomic E-state index is 0.0938. The highest BCUT2D eigenvalue weighted by molar-refractivity contribution is 7.73. The molecule has 0 bridgehead atoms. The lowest BCUT2D eigenvalue weighted by atomic mass is 10.1. The fourth-order valence-corrected chi connectivity index (χ4v) is 6.22. The van der Waals surface area contributed by atoms with Gasteiger partial charge in [0.15, 0.2) is 0 Å². The van der Waals surface area contributed by atoms with Crippen LogP contribution < -0.4 is 0 Å². The Kier molecular flexibility index (Phi) is 13.8. The van der Waals surface area contributed by atoms with Gasteiger partial charge in [-0.05, 0) is 59.5 Å². The van der Waals surface area contributed by atoms with Crippen molar-refractivity contribution in [3.8, 4) is 0 Å². The molecule has 0 spiro atoms. The van der Waals surface area contributed by atoms with Gasteiger partial charge in [0.25, 0.3) is 0 Å². The second-order valence-electron chi connectivity index (χ2n) is 6.60. The Morgan fingerprint density at radius 1 is 1.04 bits per heavy atom. The molecule has 0 aliphatic rings. The van der Waals surface area contributed by atoms with Crippen molar-refractivity contribution in [3.05, 3.63) is 34.4 Å². The SMILES string of the molecule is CCOP(=O)(COCC=C(Cl)CCC=C(C)CCC=C(C)C)CP(=O)(O)O. The van der Waals surface area contributed by atoms with Crippen molar-refractivity contribution in [1.29, 1.82) is 0 Å². The standard InChI is InChI=1S/C18H33ClO6P2/c1-5-25-26(20,15-27(21,22)23)14-24-13-12-18(19)11-7-10-17(4)9-6-8-16(2)3/h8,10,12H,5-7,9,11,13-15H2,1-4H3,(H2,21,22,23). The van der Waals surface area contributed by atoms with Crippen LogP contribution in [-0.2, 0) is 18.4 Å². The van der Waals surface area contributed by atoms with E-state index in [1.165, 1.54) is 11.1 Å². The van der Waals surface area contributed by atoms with Crippen LogP contribution in [0.5, 0.6) is 0 Å². The molecule has 2 N–H and O–H groups in total. The molecule has 1 atom stereocenters. The summed E-state index contributed by atoms with van der Waals surface area (Å²) in [6.07, 6.45) is 9.27. The molecule has 0 aliphatic carbocycles. The molecule has 0 aromatic heterocycles. The highest BCUT2D eigenvalue weighted by Crippen LogP contribution is 2.58. The highest BCUT2D eigenvalue weighted by atomic mass is 35.5. The molecule has 0 aliphatic heterocycles. The monoisotopic (exact) mass is 442 g/mol. The van der Waals surface area contributed by atoms with Gasteiger partial charge in [-0.3, -0.25) is 9.13 Å². The number of hydrogen-bond acceptors (Lipinski definition) is 4. The molecule has 0 aromatic rings. The molecule has 9 heteroatoms. The van der Waals surface area contributed by atoms with Gasteiger partial charge in [-0.2, -0.15) is 0 Å². The predicted molar refractivity (Wildman–Crippen MR) is 113 cm³/mol. The molecular weight excluding hydrogens is 410 g/mol. The predicted octanol–water partition coefficient (Wildman–Crippen LogP) is 6.01. The van der Waals surface area contributed by atoms with E-state index in [1.54, 1.807) is 13.0 Å². The van der Waals surface area contributed by atoms with Gasteiger partial charge in [-0.15, -0.1) is 0 Å². The van der Waals surface area contributed by atoms with Crippen molar-refractivity contribution in [2.45, 2.75) is 53.4 Å². The normalized spacial score (nSPS) is 15.5. The van der Waals surface area contributed by atoms with E-state index in [9.17, 15) is 9.13 Å². The molecule has 0 rings (SSSR count). The number of hydrogen-bond donors (Lipinski definition) is 2. The Morgan fingerprint density at radius 3 is 2.22 bits per heavy atom. The van der Waals surface area contributed by atoms with Gasteiger partial charge in [0.1, 0.15) is 12.3 Å². The van der Waals surface area contributed by atoms with Gasteiger partial charge in [0.2, 0.25) is 7.37 Å². The molecule has 0 saturated heterocycles. The average Bonchev–Trinajstić information content (AvgIpc) is 2.49. The highest BCUT2D eigenvalue weighted by Gasteiger charge is 2.32. The van der Waals surface area contributed by atoms with Crippen LogP contribution >= 0.6 is 26.6 Å². The van der Waals surface area contributed by atoms with Crippen LogP contribution in [0.15, 0.2) is 34.4 Å². The van der Waals surface area contributed by atoms with E-state index in [0.29, 0.717) is 11.5 Å². The van der Waals surface area contributed by atoms with Gasteiger partial charge in [-0.1, -0.05) is 34.9 Å². The van der Waals surface area contributed by atoms with E-state index in [2.05, 4.69) is 32.9 Å². The zero-order chi connectivity index (χ0) is 20.9. The molecule has 0 aromatic carbocycles. The maximum atomic E-state index is 12.3. The number of halogens is 1. The lowest BCUT2D eigenvalue weighted by molar-refractivity contribution is 0.190. The van der Waals surface area contributed by atoms with Crippen molar-refractivity contribution in [3.63, 3.8) is 0 Å². The summed E-state index contributed by atoms with van der Waals surface area (Å²) in [5.41, 5.74) is 2.65. The molecule has 0 fully saturated rings. The van der Waals surface area contributed by atoms with Crippen LogP contribution in [0, 0.1) is 0 Å². The summed E-state index contributed by atoms with van der Waals surface area (Å²) in [7, 11) is -7.97. The third-order valence-corrected chi connectivity index (χ3v) is 8.29. The van der Waals surface area contributed by atoms with Gasteiger partial charge in [0.05, 0.1) is 13.2 Å². The van der Waals surface area contributed by atoms with Crippen molar-refractivity contribution in [2.24, 2.45) is 0 Å². The maximum Gasteiger partial charge on any atom is 0.335 e. The van der Waals surface area contributed by atoms with Gasteiger partial charge in [0, 0.05) is 5.03 Å². The Bertz CT molecular complexity index is 617. The summed E-state index contributed by atoms with van der Waals surface area (Å²) >= 11 is 6.15. The van der Waals surface area contributed by atoms with Crippen LogP contribution in [0.4, 0.5) is 0 Å². The first kappa shape index (κ1) is 26.8. The molecule has 0 heterocycles. The minimum Gasteiger partial charge on any atom is -0.367 e. The second kappa shape index (κ2) is 13.9. The number of rotatable bonds is 14. The molecule has 0 radical (unpaired) electrons. The van der Waals surface area contributed by atoms with E-state index in [-0.39, 0.29) is 19.6 Å². The fourth-order valence-electron chi connectivity index (χ4n) is 2.23. The Balaban J connectivity index is 4.29. The van der Waals surface area contributed by atoms with E-state index >= 15 is 0 Å². The molecular formula is C18H33ClO6P2. The molecule has 158 valence electrons. The topological polar surface area (TPSA) is 93.1 Å². The molecule has 1 unspecified atom stereocenters. The largest absolute Gasteiger partial charge is 0.367 e. The van der Waals surface area contributed by atoms with Crippen molar-refractivity contribution >= 4 is 26.6 Å². The Labute approximate surface area is 168 Å². The maximum absolute atomic E-state index is 12.3. The van der Waals surface area contributed by atoms with E-state index in [0.717, 1.165) is 19.3 Å². The van der Waals surface area contributed by atoms with Crippen LogP contribution in [0.1, 0.15) is 53.4 Å².